The lowest BCUT2D eigenvalue weighted by molar-refractivity contribution is -0.327. The van der Waals surface area contributed by atoms with Gasteiger partial charge in [0.2, 0.25) is 6.29 Å². The third-order valence-corrected chi connectivity index (χ3v) is 8.43. The fourth-order valence-corrected chi connectivity index (χ4v) is 6.04. The van der Waals surface area contributed by atoms with Crippen LogP contribution in [0.4, 0.5) is 0 Å². The summed E-state index contributed by atoms with van der Waals surface area (Å²) in [6.45, 7) is 4.97. The molecule has 2 saturated heterocycles. The third kappa shape index (κ3) is 5.48. The number of aliphatic hydroxyl groups is 5. The number of allylic oxidation sites excluding steroid dienone is 1. The van der Waals surface area contributed by atoms with Crippen LogP contribution in [0.1, 0.15) is 33.6 Å². The fourth-order valence-electron chi connectivity index (χ4n) is 6.04. The zero-order chi connectivity index (χ0) is 27.7. The summed E-state index contributed by atoms with van der Waals surface area (Å²) in [5.41, 5.74) is 0.458. The van der Waals surface area contributed by atoms with Crippen LogP contribution < -0.4 is 0 Å². The van der Waals surface area contributed by atoms with Gasteiger partial charge in [-0.1, -0.05) is 19.9 Å². The molecule has 3 heterocycles. The average Bonchev–Trinajstić information content (AvgIpc) is 3.21. The highest BCUT2D eigenvalue weighted by molar-refractivity contribution is 5.91. The van der Waals surface area contributed by atoms with Gasteiger partial charge in [0.15, 0.2) is 6.29 Å². The molecule has 38 heavy (non-hydrogen) atoms. The minimum atomic E-state index is -1.66. The Labute approximate surface area is 220 Å². The van der Waals surface area contributed by atoms with E-state index in [1.807, 2.05) is 13.8 Å². The summed E-state index contributed by atoms with van der Waals surface area (Å²) in [5.74, 6) is -2.24. The first-order chi connectivity index (χ1) is 18.1. The van der Waals surface area contributed by atoms with E-state index in [4.69, 9.17) is 23.7 Å². The second-order valence-corrected chi connectivity index (χ2v) is 10.6. The van der Waals surface area contributed by atoms with E-state index in [1.165, 1.54) is 0 Å². The van der Waals surface area contributed by atoms with Crippen LogP contribution >= 0.6 is 0 Å². The summed E-state index contributed by atoms with van der Waals surface area (Å²) in [7, 11) is 0. The van der Waals surface area contributed by atoms with Crippen LogP contribution in [0, 0.1) is 29.6 Å². The molecule has 0 amide bonds. The summed E-state index contributed by atoms with van der Waals surface area (Å²) in [5, 5.41) is 50.0. The molecule has 3 fully saturated rings. The molecule has 12 atom stereocenters. The van der Waals surface area contributed by atoms with Gasteiger partial charge in [0.25, 0.3) is 0 Å². The number of ether oxygens (including phenoxy) is 5. The van der Waals surface area contributed by atoms with Crippen LogP contribution in [0.2, 0.25) is 0 Å². The first kappa shape index (κ1) is 28.9. The Morgan fingerprint density at radius 2 is 1.82 bits per heavy atom. The van der Waals surface area contributed by atoms with Gasteiger partial charge >= 0.3 is 11.9 Å². The molecule has 1 saturated carbocycles. The van der Waals surface area contributed by atoms with Crippen molar-refractivity contribution in [3.05, 3.63) is 23.5 Å². The van der Waals surface area contributed by atoms with E-state index in [9.17, 15) is 35.1 Å². The summed E-state index contributed by atoms with van der Waals surface area (Å²) in [4.78, 5) is 26.2. The number of hydrogen-bond donors (Lipinski definition) is 5. The molecule has 5 N–H and O–H groups in total. The maximum Gasteiger partial charge on any atom is 0.337 e. The molecule has 0 aromatic heterocycles. The highest BCUT2D eigenvalue weighted by Crippen LogP contribution is 2.44. The van der Waals surface area contributed by atoms with E-state index in [0.717, 1.165) is 6.26 Å². The lowest BCUT2D eigenvalue weighted by Crippen LogP contribution is -2.60. The molecule has 12 nitrogen and oxygen atoms in total. The second-order valence-electron chi connectivity index (χ2n) is 10.6. The third-order valence-electron chi connectivity index (χ3n) is 8.43. The Bertz CT molecular complexity index is 931. The van der Waals surface area contributed by atoms with E-state index in [1.54, 1.807) is 13.0 Å². The number of carbonyl (C=O) groups excluding carboxylic acids is 2. The number of cyclic esters (lactones) is 1. The van der Waals surface area contributed by atoms with Gasteiger partial charge in [-0.25, -0.2) is 4.79 Å². The Balaban J connectivity index is 1.58. The van der Waals surface area contributed by atoms with Crippen molar-refractivity contribution >= 4 is 11.9 Å². The molecule has 0 spiro atoms. The van der Waals surface area contributed by atoms with Crippen LogP contribution in [-0.2, 0) is 33.3 Å². The molecule has 12 heteroatoms. The van der Waals surface area contributed by atoms with Crippen LogP contribution in [0.15, 0.2) is 23.5 Å². The number of esters is 2. The normalized spacial score (nSPS) is 45.2. The number of fused-ring (bicyclic) bond motifs is 3. The topological polar surface area (TPSA) is 181 Å². The molecule has 3 aliphatic heterocycles. The molecule has 4 rings (SSSR count). The molecule has 0 radical (unpaired) electrons. The largest absolute Gasteiger partial charge is 0.468 e. The maximum atomic E-state index is 13.1. The molecule has 2 bridgehead atoms. The number of rotatable bonds is 4. The number of hydrogen-bond acceptors (Lipinski definition) is 12. The van der Waals surface area contributed by atoms with Crippen molar-refractivity contribution in [1.82, 2.24) is 0 Å². The molecular weight excluding hydrogens is 504 g/mol. The monoisotopic (exact) mass is 542 g/mol. The summed E-state index contributed by atoms with van der Waals surface area (Å²) < 4.78 is 28.3. The first-order valence-electron chi connectivity index (χ1n) is 13.1. The van der Waals surface area contributed by atoms with Gasteiger partial charge in [-0.15, -0.1) is 0 Å². The molecule has 0 aromatic rings. The van der Waals surface area contributed by atoms with Crippen molar-refractivity contribution in [2.24, 2.45) is 29.6 Å². The minimum absolute atomic E-state index is 0.0230. The highest BCUT2D eigenvalue weighted by Gasteiger charge is 2.48. The fraction of sp³-hybridized carbons (Fsp3) is 0.769. The Hall–Kier alpha value is -2.06. The molecule has 1 aliphatic carbocycles. The second kappa shape index (κ2) is 12.0. The lowest BCUT2D eigenvalue weighted by Gasteiger charge is -2.42. The Morgan fingerprint density at radius 1 is 1.08 bits per heavy atom. The van der Waals surface area contributed by atoms with Gasteiger partial charge in [-0.2, -0.15) is 0 Å². The van der Waals surface area contributed by atoms with Crippen molar-refractivity contribution in [3.8, 4) is 0 Å². The van der Waals surface area contributed by atoms with E-state index < -0.39 is 61.5 Å². The van der Waals surface area contributed by atoms with Crippen molar-refractivity contribution in [2.45, 2.75) is 76.7 Å². The highest BCUT2D eigenvalue weighted by atomic mass is 16.8. The van der Waals surface area contributed by atoms with Crippen LogP contribution in [0.25, 0.3) is 0 Å². The van der Waals surface area contributed by atoms with E-state index in [-0.39, 0.29) is 55.0 Å². The van der Waals surface area contributed by atoms with Crippen LogP contribution in [0.3, 0.4) is 0 Å². The zero-order valence-corrected chi connectivity index (χ0v) is 21.7. The van der Waals surface area contributed by atoms with Crippen molar-refractivity contribution in [3.63, 3.8) is 0 Å². The molecule has 214 valence electrons. The Kier molecular flexibility index (Phi) is 9.13. The van der Waals surface area contributed by atoms with E-state index >= 15 is 0 Å². The molecule has 1 unspecified atom stereocenters. The van der Waals surface area contributed by atoms with E-state index in [0.29, 0.717) is 12.0 Å². The van der Waals surface area contributed by atoms with Crippen LogP contribution in [-0.4, -0.2) is 100 Å². The zero-order valence-electron chi connectivity index (χ0n) is 21.7. The van der Waals surface area contributed by atoms with Crippen molar-refractivity contribution in [2.75, 3.05) is 19.8 Å². The van der Waals surface area contributed by atoms with E-state index in [2.05, 4.69) is 0 Å². The average molecular weight is 543 g/mol. The molecule has 0 aromatic carbocycles. The minimum Gasteiger partial charge on any atom is -0.468 e. The molecular formula is C26H38O12. The van der Waals surface area contributed by atoms with Gasteiger partial charge < -0.3 is 49.2 Å². The summed E-state index contributed by atoms with van der Waals surface area (Å²) in [6, 6.07) is 0. The smallest absolute Gasteiger partial charge is 0.337 e. The van der Waals surface area contributed by atoms with Gasteiger partial charge in [-0.05, 0) is 37.0 Å². The van der Waals surface area contributed by atoms with Gasteiger partial charge in [0.05, 0.1) is 31.5 Å². The maximum absolute atomic E-state index is 13.1. The summed E-state index contributed by atoms with van der Waals surface area (Å²) in [6.07, 6.45) is -6.06. The van der Waals surface area contributed by atoms with Crippen molar-refractivity contribution in [1.29, 1.82) is 0 Å². The predicted octanol–water partition coefficient (Wildman–Crippen LogP) is -0.635. The molecule has 4 aliphatic rings. The standard InChI is InChI=1S/C26H38O12/c1-4-13-15-6-20(29)36-18-5-14(16(7-27)12(18)3)11(2)9-34-24(33)17(15)10-35-25(13)38-26-23(32)22(31)21(30)19(8-28)37-26/h4,10-12,14-16,18-19,21-23,25-28,30-32H,5-9H2,1-3H3/t11?,12-,14+,15+,16-,18+,19-,21-,22+,23-,25+,26+/m1/s1. The summed E-state index contributed by atoms with van der Waals surface area (Å²) >= 11 is 0. The van der Waals surface area contributed by atoms with Crippen LogP contribution in [0.5, 0.6) is 0 Å². The predicted molar refractivity (Wildman–Crippen MR) is 128 cm³/mol. The number of aliphatic hydroxyl groups excluding tert-OH is 5. The quantitative estimate of drug-likeness (QED) is 0.224. The van der Waals surface area contributed by atoms with Crippen molar-refractivity contribution < 1.29 is 58.8 Å². The van der Waals surface area contributed by atoms with Gasteiger partial charge in [0, 0.05) is 18.1 Å². The van der Waals surface area contributed by atoms with Gasteiger partial charge in [-0.3, -0.25) is 4.79 Å². The number of carbonyl (C=O) groups is 2. The van der Waals surface area contributed by atoms with Gasteiger partial charge in [0.1, 0.15) is 30.5 Å². The SMILES string of the molecule is CC=C1[C@H](O[C@@H]2O[C@H](CO)[C@@H](O)[C@H](O)[C@H]2O)OC=C2C(=O)OCC(C)[C@@H]3C[C@H](OC(=O)C[C@H]21)[C@H](C)[C@H]3CO. The lowest BCUT2D eigenvalue weighted by atomic mass is 9.83. The Morgan fingerprint density at radius 3 is 2.47 bits per heavy atom. The first-order valence-corrected chi connectivity index (χ1v) is 13.1.